The molecule has 2 aromatic carbocycles. The number of benzene rings is 2. The minimum atomic E-state index is -1.03. The Hall–Kier alpha value is -3.06. The van der Waals surface area contributed by atoms with Crippen molar-refractivity contribution in [2.75, 3.05) is 14.2 Å². The van der Waals surface area contributed by atoms with Crippen LogP contribution in [0.25, 0.3) is 0 Å². The third kappa shape index (κ3) is 3.63. The van der Waals surface area contributed by atoms with Crippen molar-refractivity contribution < 1.29 is 29.3 Å². The number of carbonyl (C=O) groups is 2. The smallest absolute Gasteiger partial charge is 0.313 e. The van der Waals surface area contributed by atoms with E-state index in [-0.39, 0.29) is 5.91 Å². The molecule has 0 saturated heterocycles. The molecule has 1 aliphatic carbocycles. The van der Waals surface area contributed by atoms with Crippen molar-refractivity contribution in [1.82, 2.24) is 4.90 Å². The fourth-order valence-corrected chi connectivity index (χ4v) is 4.99. The van der Waals surface area contributed by atoms with Gasteiger partial charge in [0.05, 0.1) is 32.4 Å². The number of hydrogen-bond donors (Lipinski definition) is 2. The van der Waals surface area contributed by atoms with Crippen LogP contribution < -0.4 is 9.47 Å². The van der Waals surface area contributed by atoms with E-state index < -0.39 is 30.1 Å². The van der Waals surface area contributed by atoms with E-state index in [1.165, 1.54) is 7.11 Å². The number of carboxylic acids is 1. The summed E-state index contributed by atoms with van der Waals surface area (Å²) in [5.41, 5.74) is 1.43. The van der Waals surface area contributed by atoms with Gasteiger partial charge in [0.25, 0.3) is 5.91 Å². The molecule has 2 N–H and O–H groups in total. The Labute approximate surface area is 181 Å². The fraction of sp³-hybridized carbons (Fsp3) is 0.417. The van der Waals surface area contributed by atoms with Gasteiger partial charge in [0, 0.05) is 17.2 Å². The van der Waals surface area contributed by atoms with Crippen LogP contribution in [-0.4, -0.2) is 53.4 Å². The van der Waals surface area contributed by atoms with Gasteiger partial charge in [-0.3, -0.25) is 9.59 Å². The predicted octanol–water partition coefficient (Wildman–Crippen LogP) is 3.37. The SMILES string of the molecule is COc1ccc(C2C(C(=O)O)c3ccccc3C(=O)N2C2CCCCC2O)c(OC)c1. The molecule has 0 radical (unpaired) electrons. The summed E-state index contributed by atoms with van der Waals surface area (Å²) >= 11 is 0. The molecule has 2 aliphatic rings. The van der Waals surface area contributed by atoms with Crippen LogP contribution in [0.3, 0.4) is 0 Å². The molecule has 0 bridgehead atoms. The van der Waals surface area contributed by atoms with Crippen molar-refractivity contribution >= 4 is 11.9 Å². The number of nitrogens with zero attached hydrogens (tertiary/aromatic N) is 1. The maximum Gasteiger partial charge on any atom is 0.313 e. The first-order valence-corrected chi connectivity index (χ1v) is 10.5. The number of fused-ring (bicyclic) bond motifs is 1. The Kier molecular flexibility index (Phi) is 5.87. The highest BCUT2D eigenvalue weighted by Crippen LogP contribution is 2.48. The first kappa shape index (κ1) is 21.2. The number of carboxylic acid groups (broad SMARTS) is 1. The summed E-state index contributed by atoms with van der Waals surface area (Å²) in [7, 11) is 3.05. The van der Waals surface area contributed by atoms with Gasteiger partial charge in [-0.2, -0.15) is 0 Å². The molecule has 1 amide bonds. The van der Waals surface area contributed by atoms with E-state index in [2.05, 4.69) is 0 Å². The average molecular weight is 425 g/mol. The molecule has 4 unspecified atom stereocenters. The Morgan fingerprint density at radius 1 is 1.03 bits per heavy atom. The molecule has 1 saturated carbocycles. The average Bonchev–Trinajstić information content (AvgIpc) is 2.79. The molecule has 1 heterocycles. The van der Waals surface area contributed by atoms with Gasteiger partial charge >= 0.3 is 5.97 Å². The van der Waals surface area contributed by atoms with Crippen LogP contribution in [0.15, 0.2) is 42.5 Å². The molecular formula is C24H27NO6. The van der Waals surface area contributed by atoms with E-state index in [4.69, 9.17) is 9.47 Å². The van der Waals surface area contributed by atoms with Crippen LogP contribution in [-0.2, 0) is 4.79 Å². The van der Waals surface area contributed by atoms with Crippen LogP contribution in [0.5, 0.6) is 11.5 Å². The van der Waals surface area contributed by atoms with E-state index in [1.807, 2.05) is 0 Å². The summed E-state index contributed by atoms with van der Waals surface area (Å²) in [6.07, 6.45) is 2.26. The summed E-state index contributed by atoms with van der Waals surface area (Å²) in [5, 5.41) is 21.1. The highest BCUT2D eigenvalue weighted by molar-refractivity contribution is 6.00. The molecule has 2 aromatic rings. The van der Waals surface area contributed by atoms with Crippen molar-refractivity contribution in [2.45, 2.75) is 49.8 Å². The number of ether oxygens (including phenoxy) is 2. The zero-order chi connectivity index (χ0) is 22.1. The summed E-state index contributed by atoms with van der Waals surface area (Å²) in [5.74, 6) is -1.28. The van der Waals surface area contributed by atoms with E-state index in [1.54, 1.807) is 54.5 Å². The van der Waals surface area contributed by atoms with Crippen LogP contribution in [0, 0.1) is 0 Å². The Balaban J connectivity index is 1.95. The topological polar surface area (TPSA) is 96.3 Å². The highest BCUT2D eigenvalue weighted by Gasteiger charge is 2.49. The molecule has 4 rings (SSSR count). The molecule has 31 heavy (non-hydrogen) atoms. The predicted molar refractivity (Wildman–Crippen MR) is 114 cm³/mol. The van der Waals surface area contributed by atoms with E-state index >= 15 is 0 Å². The second kappa shape index (κ2) is 8.59. The Morgan fingerprint density at radius 2 is 1.77 bits per heavy atom. The van der Waals surface area contributed by atoms with Gasteiger partial charge in [0.15, 0.2) is 0 Å². The van der Waals surface area contributed by atoms with Crippen LogP contribution in [0.1, 0.15) is 59.1 Å². The molecule has 0 aromatic heterocycles. The lowest BCUT2D eigenvalue weighted by Crippen LogP contribution is -2.54. The second-order valence-electron chi connectivity index (χ2n) is 8.09. The van der Waals surface area contributed by atoms with Crippen molar-refractivity contribution in [3.8, 4) is 11.5 Å². The summed E-state index contributed by atoms with van der Waals surface area (Å²) in [6, 6.07) is 10.7. The first-order valence-electron chi connectivity index (χ1n) is 10.5. The van der Waals surface area contributed by atoms with Crippen LogP contribution in [0.4, 0.5) is 0 Å². The van der Waals surface area contributed by atoms with Gasteiger partial charge in [-0.05, 0) is 36.6 Å². The fourth-order valence-electron chi connectivity index (χ4n) is 4.99. The molecule has 164 valence electrons. The Bertz CT molecular complexity index is 990. The van der Waals surface area contributed by atoms with Gasteiger partial charge in [-0.15, -0.1) is 0 Å². The third-order valence-corrected chi connectivity index (χ3v) is 6.45. The van der Waals surface area contributed by atoms with Crippen molar-refractivity contribution in [2.24, 2.45) is 0 Å². The largest absolute Gasteiger partial charge is 0.497 e. The third-order valence-electron chi connectivity index (χ3n) is 6.45. The van der Waals surface area contributed by atoms with Gasteiger partial charge in [0.2, 0.25) is 0 Å². The molecule has 1 fully saturated rings. The van der Waals surface area contributed by atoms with Crippen molar-refractivity contribution in [1.29, 1.82) is 0 Å². The monoisotopic (exact) mass is 425 g/mol. The number of amides is 1. The lowest BCUT2D eigenvalue weighted by atomic mass is 9.77. The highest BCUT2D eigenvalue weighted by atomic mass is 16.5. The van der Waals surface area contributed by atoms with Gasteiger partial charge < -0.3 is 24.6 Å². The number of aliphatic hydroxyl groups is 1. The molecule has 1 aliphatic heterocycles. The maximum absolute atomic E-state index is 13.7. The minimum absolute atomic E-state index is 0.262. The molecule has 4 atom stereocenters. The van der Waals surface area contributed by atoms with E-state index in [9.17, 15) is 19.8 Å². The normalized spacial score (nSPS) is 25.6. The number of methoxy groups -OCH3 is 2. The second-order valence-corrected chi connectivity index (χ2v) is 8.09. The molecule has 7 heteroatoms. The Morgan fingerprint density at radius 3 is 2.45 bits per heavy atom. The van der Waals surface area contributed by atoms with E-state index in [0.717, 1.165) is 12.8 Å². The zero-order valence-electron chi connectivity index (χ0n) is 17.7. The number of aliphatic carboxylic acids is 1. The van der Waals surface area contributed by atoms with Crippen molar-refractivity contribution in [3.63, 3.8) is 0 Å². The van der Waals surface area contributed by atoms with Crippen molar-refractivity contribution in [3.05, 3.63) is 59.2 Å². The van der Waals surface area contributed by atoms with Gasteiger partial charge in [-0.1, -0.05) is 31.0 Å². The van der Waals surface area contributed by atoms with E-state index in [0.29, 0.717) is 41.0 Å². The maximum atomic E-state index is 13.7. The van der Waals surface area contributed by atoms with Crippen LogP contribution in [0.2, 0.25) is 0 Å². The lowest BCUT2D eigenvalue weighted by Gasteiger charge is -2.47. The number of hydrogen-bond acceptors (Lipinski definition) is 5. The molecule has 7 nitrogen and oxygen atoms in total. The molecule has 0 spiro atoms. The zero-order valence-corrected chi connectivity index (χ0v) is 17.7. The lowest BCUT2D eigenvalue weighted by molar-refractivity contribution is -0.141. The standard InChI is InChI=1S/C24H27NO6/c1-30-14-11-12-17(20(13-14)31-2)22-21(24(28)29)15-7-3-4-8-16(15)23(27)25(22)18-9-5-6-10-19(18)26/h3-4,7-8,11-13,18-19,21-22,26H,5-6,9-10H2,1-2H3,(H,28,29). The minimum Gasteiger partial charge on any atom is -0.497 e. The molecular weight excluding hydrogens is 398 g/mol. The summed E-state index contributed by atoms with van der Waals surface area (Å²) in [4.78, 5) is 27.9. The number of rotatable bonds is 5. The van der Waals surface area contributed by atoms with Gasteiger partial charge in [-0.25, -0.2) is 0 Å². The number of aliphatic hydroxyl groups excluding tert-OH is 1. The summed E-state index contributed by atoms with van der Waals surface area (Å²) < 4.78 is 10.9. The first-order chi connectivity index (χ1) is 15.0. The van der Waals surface area contributed by atoms with Crippen LogP contribution >= 0.6 is 0 Å². The quantitative estimate of drug-likeness (QED) is 0.763. The summed E-state index contributed by atoms with van der Waals surface area (Å²) in [6.45, 7) is 0. The van der Waals surface area contributed by atoms with Gasteiger partial charge in [0.1, 0.15) is 17.4 Å². The number of carbonyl (C=O) groups excluding carboxylic acids is 1.